The highest BCUT2D eigenvalue weighted by Crippen LogP contribution is 2.67. The molecule has 0 saturated heterocycles. The van der Waals surface area contributed by atoms with Gasteiger partial charge in [-0.2, -0.15) is 0 Å². The van der Waals surface area contributed by atoms with Crippen LogP contribution in [0.3, 0.4) is 0 Å². The Balaban J connectivity index is 1.11. The second-order valence-electron chi connectivity index (χ2n) is 19.0. The van der Waals surface area contributed by atoms with E-state index in [2.05, 4.69) is 254 Å². The molecule has 0 amide bonds. The number of hydrogen-bond donors (Lipinski definition) is 0. The second-order valence-corrected chi connectivity index (χ2v) is 20.0. The van der Waals surface area contributed by atoms with Gasteiger partial charge in [-0.1, -0.05) is 184 Å². The highest BCUT2D eigenvalue weighted by atomic mass is 32.1. The third kappa shape index (κ3) is 5.28. The van der Waals surface area contributed by atoms with Crippen LogP contribution in [0.25, 0.3) is 44.5 Å². The molecule has 4 aliphatic rings. The molecular weight excluding hydrogens is 828 g/mol. The molecule has 0 radical (unpaired) electrons. The first-order valence-corrected chi connectivity index (χ1v) is 24.5. The highest BCUT2D eigenvalue weighted by molar-refractivity contribution is 7.30. The first kappa shape index (κ1) is 38.6. The van der Waals surface area contributed by atoms with Crippen molar-refractivity contribution in [1.82, 2.24) is 0 Å². The molecule has 1 aromatic heterocycles. The Morgan fingerprint density at radius 3 is 1.66 bits per heavy atom. The minimum absolute atomic E-state index is 0.00753. The van der Waals surface area contributed by atoms with Crippen LogP contribution in [0.1, 0.15) is 52.5 Å². The SMILES string of the molecule is Cc1cc2c3c(c1)N(c1ccccc1)c1c(sc4c1-c1ccc(C(C)C)cc1C41c4ccccc4-c4ccccc41)B3c1ccc(-c3ccccc3-c3ccccc3)cc1N2c1ccccc1. The highest BCUT2D eigenvalue weighted by Gasteiger charge is 2.57. The van der Waals surface area contributed by atoms with Crippen LogP contribution < -0.4 is 25.5 Å². The Morgan fingerprint density at radius 2 is 1.01 bits per heavy atom. The standard InChI is InChI=1S/C63H45BN2S/c1-39(2)42-31-33-50-53(37-42)63(51-29-17-15-27-48(51)49-28-16-18-30-52(49)63)61-58(50)60-62(67-61)64-54-34-32-43(47-26-14-13-25-46(47)41-19-7-4-8-20-41)38-55(54)65(44-21-9-5-10-22-44)56-35-40(3)36-57(59(56)64)66(60)45-23-11-6-12-24-45/h4-39H,1-3H3. The van der Waals surface area contributed by atoms with Crippen LogP contribution in [0.5, 0.6) is 0 Å². The minimum atomic E-state index is -0.462. The van der Waals surface area contributed by atoms with E-state index in [1.165, 1.54) is 121 Å². The summed E-state index contributed by atoms with van der Waals surface area (Å²) in [6.45, 7) is 6.93. The molecule has 0 unspecified atom stereocenters. The van der Waals surface area contributed by atoms with Crippen molar-refractivity contribution in [3.05, 3.63) is 245 Å². The van der Waals surface area contributed by atoms with Crippen molar-refractivity contribution >= 4 is 67.9 Å². The van der Waals surface area contributed by atoms with Gasteiger partial charge in [0, 0.05) is 43.7 Å². The monoisotopic (exact) mass is 872 g/mol. The number of fused-ring (bicyclic) bond motifs is 15. The van der Waals surface area contributed by atoms with Gasteiger partial charge >= 0.3 is 0 Å². The predicted octanol–water partition coefficient (Wildman–Crippen LogP) is 14.9. The molecule has 0 atom stereocenters. The molecule has 0 N–H and O–H groups in total. The summed E-state index contributed by atoms with van der Waals surface area (Å²) in [6, 6.07) is 80.0. The summed E-state index contributed by atoms with van der Waals surface area (Å²) in [4.78, 5) is 6.62. The number of rotatable bonds is 5. The van der Waals surface area contributed by atoms with Crippen molar-refractivity contribution in [1.29, 1.82) is 0 Å². The average Bonchev–Trinajstić information content (AvgIpc) is 4.00. The molecule has 2 aliphatic heterocycles. The molecule has 316 valence electrons. The summed E-state index contributed by atoms with van der Waals surface area (Å²) in [7, 11) is 0. The second kappa shape index (κ2) is 14.4. The zero-order valence-electron chi connectivity index (χ0n) is 37.7. The number of para-hydroxylation sites is 2. The maximum absolute atomic E-state index is 2.64. The number of hydrogen-bond acceptors (Lipinski definition) is 3. The van der Waals surface area contributed by atoms with Crippen molar-refractivity contribution in [2.24, 2.45) is 0 Å². The fourth-order valence-corrected chi connectivity index (χ4v) is 13.9. The third-order valence-corrected chi connectivity index (χ3v) is 16.4. The van der Waals surface area contributed by atoms with E-state index in [0.717, 1.165) is 5.69 Å². The molecule has 3 heterocycles. The Kier molecular flexibility index (Phi) is 8.31. The quantitative estimate of drug-likeness (QED) is 0.159. The molecule has 2 nitrogen and oxygen atoms in total. The lowest BCUT2D eigenvalue weighted by molar-refractivity contribution is 0.799. The summed E-state index contributed by atoms with van der Waals surface area (Å²) >= 11 is 2.06. The number of benzene rings is 9. The smallest absolute Gasteiger partial charge is 0.264 e. The van der Waals surface area contributed by atoms with Gasteiger partial charge in [0.2, 0.25) is 0 Å². The fourth-order valence-electron chi connectivity index (χ4n) is 12.3. The van der Waals surface area contributed by atoms with Gasteiger partial charge in [0.15, 0.2) is 0 Å². The van der Waals surface area contributed by atoms with Crippen molar-refractivity contribution in [2.45, 2.75) is 32.1 Å². The Bertz CT molecular complexity index is 3600. The predicted molar refractivity (Wildman–Crippen MR) is 284 cm³/mol. The normalized spacial score (nSPS) is 14.1. The van der Waals surface area contributed by atoms with Gasteiger partial charge in [0.1, 0.15) is 0 Å². The van der Waals surface area contributed by atoms with Gasteiger partial charge in [-0.3, -0.25) is 0 Å². The zero-order valence-corrected chi connectivity index (χ0v) is 38.5. The van der Waals surface area contributed by atoms with Crippen LogP contribution >= 0.6 is 11.3 Å². The summed E-state index contributed by atoms with van der Waals surface area (Å²) in [5.74, 6) is 0.395. The maximum atomic E-state index is 2.64. The molecule has 0 fully saturated rings. The number of thiophene rings is 1. The minimum Gasteiger partial charge on any atom is -0.311 e. The molecule has 1 spiro atoms. The molecule has 0 saturated carbocycles. The van der Waals surface area contributed by atoms with E-state index in [0.29, 0.717) is 5.92 Å². The molecule has 10 aromatic rings. The fraction of sp³-hybridized carbons (Fsp3) is 0.0794. The van der Waals surface area contributed by atoms with Gasteiger partial charge < -0.3 is 9.80 Å². The molecular formula is C63H45BN2S. The largest absolute Gasteiger partial charge is 0.311 e. The van der Waals surface area contributed by atoms with Crippen molar-refractivity contribution in [2.75, 3.05) is 9.80 Å². The van der Waals surface area contributed by atoms with E-state index in [-0.39, 0.29) is 6.71 Å². The van der Waals surface area contributed by atoms with Crippen LogP contribution in [0.15, 0.2) is 212 Å². The molecule has 14 rings (SSSR count). The van der Waals surface area contributed by atoms with Crippen molar-refractivity contribution in [3.8, 4) is 44.5 Å². The molecule has 0 bridgehead atoms. The van der Waals surface area contributed by atoms with Gasteiger partial charge in [0.25, 0.3) is 6.71 Å². The van der Waals surface area contributed by atoms with E-state index in [9.17, 15) is 0 Å². The maximum Gasteiger partial charge on any atom is 0.264 e. The van der Waals surface area contributed by atoms with E-state index in [4.69, 9.17) is 0 Å². The lowest BCUT2D eigenvalue weighted by Gasteiger charge is -2.43. The van der Waals surface area contributed by atoms with Crippen molar-refractivity contribution < 1.29 is 0 Å². The Labute approximate surface area is 397 Å². The first-order chi connectivity index (χ1) is 33.0. The lowest BCUT2D eigenvalue weighted by Crippen LogP contribution is -2.60. The first-order valence-electron chi connectivity index (χ1n) is 23.7. The van der Waals surface area contributed by atoms with Crippen LogP contribution in [0.2, 0.25) is 0 Å². The lowest BCUT2D eigenvalue weighted by atomic mass is 9.36. The van der Waals surface area contributed by atoms with E-state index in [1.807, 2.05) is 0 Å². The van der Waals surface area contributed by atoms with E-state index < -0.39 is 5.41 Å². The summed E-state index contributed by atoms with van der Waals surface area (Å²) in [5, 5.41) is 0. The van der Waals surface area contributed by atoms with Crippen molar-refractivity contribution in [3.63, 3.8) is 0 Å². The summed E-state index contributed by atoms with van der Waals surface area (Å²) in [6.07, 6.45) is 0. The molecule has 4 heteroatoms. The van der Waals surface area contributed by atoms with E-state index >= 15 is 0 Å². The molecule has 2 aliphatic carbocycles. The van der Waals surface area contributed by atoms with Gasteiger partial charge in [-0.05, 0) is 133 Å². The van der Waals surface area contributed by atoms with Gasteiger partial charge in [-0.25, -0.2) is 0 Å². The third-order valence-electron chi connectivity index (χ3n) is 15.1. The van der Waals surface area contributed by atoms with Crippen LogP contribution in [-0.4, -0.2) is 6.71 Å². The van der Waals surface area contributed by atoms with Crippen LogP contribution in [-0.2, 0) is 5.41 Å². The zero-order chi connectivity index (χ0) is 44.5. The Morgan fingerprint density at radius 1 is 0.463 bits per heavy atom. The number of anilines is 6. The number of nitrogens with zero attached hydrogens (tertiary/aromatic N) is 2. The van der Waals surface area contributed by atoms with Crippen LogP contribution in [0.4, 0.5) is 34.1 Å². The number of aryl methyl sites for hydroxylation is 1. The topological polar surface area (TPSA) is 6.48 Å². The summed E-state index contributed by atoms with van der Waals surface area (Å²) in [5.41, 5.74) is 26.6. The summed E-state index contributed by atoms with van der Waals surface area (Å²) < 4.78 is 1.40. The molecule has 9 aromatic carbocycles. The Hall–Kier alpha value is -7.66. The molecule has 67 heavy (non-hydrogen) atoms. The van der Waals surface area contributed by atoms with Gasteiger partial charge in [-0.15, -0.1) is 11.3 Å². The average molecular weight is 873 g/mol. The van der Waals surface area contributed by atoms with Gasteiger partial charge in [0.05, 0.1) is 11.1 Å². The van der Waals surface area contributed by atoms with Crippen LogP contribution in [0, 0.1) is 6.92 Å². The van der Waals surface area contributed by atoms with E-state index in [1.54, 1.807) is 0 Å².